The highest BCUT2D eigenvalue weighted by molar-refractivity contribution is 5.97. The molecule has 0 bridgehead atoms. The van der Waals surface area contributed by atoms with Crippen molar-refractivity contribution in [1.29, 1.82) is 0 Å². The number of hydrogen-bond acceptors (Lipinski definition) is 3. The van der Waals surface area contributed by atoms with Gasteiger partial charge in [-0.15, -0.1) is 0 Å². The quantitative estimate of drug-likeness (QED) is 0.788. The number of nitrogens with one attached hydrogen (secondary N) is 1. The largest absolute Gasteiger partial charge is 0.367 e. The zero-order valence-electron chi connectivity index (χ0n) is 9.32. The number of anilines is 1. The maximum Gasteiger partial charge on any atom is 0.252 e. The summed E-state index contributed by atoms with van der Waals surface area (Å²) in [6.45, 7) is 6.25. The first-order valence-corrected chi connectivity index (χ1v) is 5.03. The minimum atomic E-state index is -0.457. The number of hydrogen-bond donors (Lipinski definition) is 2. The van der Waals surface area contributed by atoms with Gasteiger partial charge in [-0.05, 0) is 25.0 Å². The average Bonchev–Trinajstić information content (AvgIpc) is 2.18. The molecule has 1 aromatic rings. The molecule has 0 spiro atoms. The molecule has 1 aromatic heterocycles. The number of amides is 1. The molecule has 0 aromatic carbocycles. The van der Waals surface area contributed by atoms with E-state index in [0.717, 1.165) is 0 Å². The number of rotatable bonds is 4. The molecule has 0 radical (unpaired) electrons. The van der Waals surface area contributed by atoms with Crippen LogP contribution >= 0.6 is 0 Å². The highest BCUT2D eigenvalue weighted by atomic mass is 16.1. The number of nitrogens with zero attached hydrogens (tertiary/aromatic N) is 1. The summed E-state index contributed by atoms with van der Waals surface area (Å²) in [5, 5.41) is 3.18. The molecule has 0 aliphatic rings. The lowest BCUT2D eigenvalue weighted by atomic mass is 10.1. The second-order valence-corrected chi connectivity index (χ2v) is 3.94. The fraction of sp³-hybridized carbons (Fsp3) is 0.455. The van der Waals surface area contributed by atoms with Gasteiger partial charge in [-0.2, -0.15) is 0 Å². The third-order valence-electron chi connectivity index (χ3n) is 2.44. The Bertz CT molecular complexity index is 349. The summed E-state index contributed by atoms with van der Waals surface area (Å²) >= 11 is 0. The third kappa shape index (κ3) is 2.94. The maximum atomic E-state index is 11.1. The standard InChI is InChI=1S/C11H17N3O/c1-7(2)8(3)14-11-9(10(12)15)5-4-6-13-11/h4-8H,1-3H3,(H2,12,15)(H,13,14). The van der Waals surface area contributed by atoms with Gasteiger partial charge in [0.25, 0.3) is 5.91 Å². The highest BCUT2D eigenvalue weighted by Gasteiger charge is 2.12. The molecule has 0 saturated heterocycles. The molecule has 1 unspecified atom stereocenters. The molecule has 15 heavy (non-hydrogen) atoms. The fourth-order valence-corrected chi connectivity index (χ4v) is 1.10. The zero-order valence-corrected chi connectivity index (χ0v) is 9.32. The SMILES string of the molecule is CC(C)C(C)Nc1ncccc1C(N)=O. The monoisotopic (exact) mass is 207 g/mol. The van der Waals surface area contributed by atoms with Crippen molar-refractivity contribution in [2.75, 3.05) is 5.32 Å². The van der Waals surface area contributed by atoms with Crippen molar-refractivity contribution in [3.8, 4) is 0 Å². The van der Waals surface area contributed by atoms with Crippen molar-refractivity contribution in [3.63, 3.8) is 0 Å². The van der Waals surface area contributed by atoms with E-state index in [2.05, 4.69) is 24.1 Å². The molecule has 82 valence electrons. The molecule has 0 saturated carbocycles. The van der Waals surface area contributed by atoms with E-state index in [9.17, 15) is 4.79 Å². The van der Waals surface area contributed by atoms with Gasteiger partial charge in [-0.25, -0.2) is 4.98 Å². The fourth-order valence-electron chi connectivity index (χ4n) is 1.10. The van der Waals surface area contributed by atoms with E-state index in [1.165, 1.54) is 0 Å². The van der Waals surface area contributed by atoms with Crippen molar-refractivity contribution >= 4 is 11.7 Å². The molecular formula is C11H17N3O. The van der Waals surface area contributed by atoms with E-state index in [-0.39, 0.29) is 6.04 Å². The first-order chi connectivity index (χ1) is 7.02. The average molecular weight is 207 g/mol. The number of primary amides is 1. The Morgan fingerprint density at radius 1 is 1.47 bits per heavy atom. The van der Waals surface area contributed by atoms with Gasteiger partial charge in [0.1, 0.15) is 5.82 Å². The predicted molar refractivity (Wildman–Crippen MR) is 60.7 cm³/mol. The molecule has 4 heteroatoms. The van der Waals surface area contributed by atoms with Gasteiger partial charge in [-0.1, -0.05) is 13.8 Å². The second kappa shape index (κ2) is 4.77. The number of carbonyl (C=O) groups is 1. The van der Waals surface area contributed by atoms with Crippen LogP contribution < -0.4 is 11.1 Å². The highest BCUT2D eigenvalue weighted by Crippen LogP contribution is 2.14. The van der Waals surface area contributed by atoms with Crippen molar-refractivity contribution in [3.05, 3.63) is 23.9 Å². The normalized spacial score (nSPS) is 12.5. The summed E-state index contributed by atoms with van der Waals surface area (Å²) in [4.78, 5) is 15.2. The van der Waals surface area contributed by atoms with Crippen molar-refractivity contribution < 1.29 is 4.79 Å². The number of nitrogens with two attached hydrogens (primary N) is 1. The second-order valence-electron chi connectivity index (χ2n) is 3.94. The van der Waals surface area contributed by atoms with E-state index < -0.39 is 5.91 Å². The Kier molecular flexibility index (Phi) is 3.66. The summed E-state index contributed by atoms with van der Waals surface area (Å²) in [5.74, 6) is 0.570. The van der Waals surface area contributed by atoms with E-state index >= 15 is 0 Å². The minimum Gasteiger partial charge on any atom is -0.367 e. The van der Waals surface area contributed by atoms with Crippen molar-refractivity contribution in [2.24, 2.45) is 11.7 Å². The van der Waals surface area contributed by atoms with Crippen LogP contribution in [0.3, 0.4) is 0 Å². The molecule has 1 rings (SSSR count). The molecule has 0 aliphatic carbocycles. The van der Waals surface area contributed by atoms with Crippen LogP contribution in [0.4, 0.5) is 5.82 Å². The molecule has 0 aliphatic heterocycles. The van der Waals surface area contributed by atoms with Crippen LogP contribution in [-0.4, -0.2) is 16.9 Å². The van der Waals surface area contributed by atoms with E-state index in [1.807, 2.05) is 6.92 Å². The molecule has 1 amide bonds. The Labute approximate surface area is 89.9 Å². The summed E-state index contributed by atoms with van der Waals surface area (Å²) in [6.07, 6.45) is 1.64. The van der Waals surface area contributed by atoms with Gasteiger partial charge >= 0.3 is 0 Å². The molecular weight excluding hydrogens is 190 g/mol. The van der Waals surface area contributed by atoms with Crippen LogP contribution in [-0.2, 0) is 0 Å². The summed E-state index contributed by atoms with van der Waals surface area (Å²) < 4.78 is 0. The van der Waals surface area contributed by atoms with Crippen LogP contribution in [0, 0.1) is 5.92 Å². The number of pyridine rings is 1. The summed E-state index contributed by atoms with van der Waals surface area (Å²) in [6, 6.07) is 3.62. The maximum absolute atomic E-state index is 11.1. The Morgan fingerprint density at radius 2 is 2.13 bits per heavy atom. The topological polar surface area (TPSA) is 68.0 Å². The Morgan fingerprint density at radius 3 is 2.67 bits per heavy atom. The van der Waals surface area contributed by atoms with Gasteiger partial charge in [0.15, 0.2) is 0 Å². The number of carbonyl (C=O) groups excluding carboxylic acids is 1. The molecule has 1 atom stereocenters. The van der Waals surface area contributed by atoms with Crippen LogP contribution in [0.1, 0.15) is 31.1 Å². The van der Waals surface area contributed by atoms with Gasteiger partial charge in [0, 0.05) is 12.2 Å². The Hall–Kier alpha value is -1.58. The lowest BCUT2D eigenvalue weighted by Crippen LogP contribution is -2.24. The van der Waals surface area contributed by atoms with Crippen LogP contribution in [0.25, 0.3) is 0 Å². The van der Waals surface area contributed by atoms with E-state index in [1.54, 1.807) is 18.3 Å². The van der Waals surface area contributed by atoms with Gasteiger partial charge < -0.3 is 11.1 Å². The lowest BCUT2D eigenvalue weighted by Gasteiger charge is -2.19. The molecule has 1 heterocycles. The smallest absolute Gasteiger partial charge is 0.252 e. The van der Waals surface area contributed by atoms with Crippen molar-refractivity contribution in [2.45, 2.75) is 26.8 Å². The van der Waals surface area contributed by atoms with Crippen molar-refractivity contribution in [1.82, 2.24) is 4.98 Å². The first kappa shape index (κ1) is 11.5. The third-order valence-corrected chi connectivity index (χ3v) is 2.44. The first-order valence-electron chi connectivity index (χ1n) is 5.03. The van der Waals surface area contributed by atoms with Gasteiger partial charge in [0.05, 0.1) is 5.56 Å². The zero-order chi connectivity index (χ0) is 11.4. The van der Waals surface area contributed by atoms with E-state index in [4.69, 9.17) is 5.73 Å². The lowest BCUT2D eigenvalue weighted by molar-refractivity contribution is 0.100. The van der Waals surface area contributed by atoms with Crippen LogP contribution in [0.15, 0.2) is 18.3 Å². The molecule has 0 fully saturated rings. The Balaban J connectivity index is 2.89. The van der Waals surface area contributed by atoms with Gasteiger partial charge in [0.2, 0.25) is 0 Å². The predicted octanol–water partition coefficient (Wildman–Crippen LogP) is 1.64. The molecule has 3 N–H and O–H groups in total. The van der Waals surface area contributed by atoms with Crippen LogP contribution in [0.5, 0.6) is 0 Å². The minimum absolute atomic E-state index is 0.248. The molecule has 4 nitrogen and oxygen atoms in total. The summed E-state index contributed by atoms with van der Waals surface area (Å²) in [7, 11) is 0. The number of aromatic nitrogens is 1. The summed E-state index contributed by atoms with van der Waals surface area (Å²) in [5.41, 5.74) is 5.68. The van der Waals surface area contributed by atoms with E-state index in [0.29, 0.717) is 17.3 Å². The van der Waals surface area contributed by atoms with Crippen LogP contribution in [0.2, 0.25) is 0 Å². The van der Waals surface area contributed by atoms with Gasteiger partial charge in [-0.3, -0.25) is 4.79 Å².